The Kier molecular flexibility index (Phi) is 8.97. The van der Waals surface area contributed by atoms with E-state index in [2.05, 4.69) is 33.9 Å². The Hall–Kier alpha value is -0.903. The molecule has 1 N–H and O–H groups in total. The Balaban J connectivity index is 2.38. The van der Waals surface area contributed by atoms with Crippen molar-refractivity contribution in [3.8, 4) is 0 Å². The van der Waals surface area contributed by atoms with E-state index in [0.717, 1.165) is 5.56 Å². The Labute approximate surface area is 185 Å². The number of carbonyl (C=O) groups excluding carboxylic acids is 1. The van der Waals surface area contributed by atoms with Gasteiger partial charge in [0.25, 0.3) is 0 Å². The minimum atomic E-state index is -2.24. The molecule has 1 aliphatic rings. The van der Waals surface area contributed by atoms with Crippen molar-refractivity contribution in [2.45, 2.75) is 82.3 Å². The number of carbonyl (C=O) groups is 1. The van der Waals surface area contributed by atoms with Crippen LogP contribution in [0.3, 0.4) is 0 Å². The average Bonchev–Trinajstić information content (AvgIpc) is 2.67. The summed E-state index contributed by atoms with van der Waals surface area (Å²) in [4.78, 5) is 11.9. The third kappa shape index (κ3) is 6.31. The predicted octanol–water partition coefficient (Wildman–Crippen LogP) is 3.97. The largest absolute Gasteiger partial charge is 0.456 e. The van der Waals surface area contributed by atoms with E-state index in [1.165, 1.54) is 18.7 Å². The molecule has 0 saturated carbocycles. The number of aliphatic hydroxyl groups is 1. The highest BCUT2D eigenvalue weighted by Crippen LogP contribution is 2.41. The molecule has 0 aromatic heterocycles. The zero-order valence-electron chi connectivity index (χ0n) is 19.1. The quantitative estimate of drug-likeness (QED) is 0.468. The molecule has 0 radical (unpaired) electrons. The maximum absolute atomic E-state index is 11.9. The van der Waals surface area contributed by atoms with E-state index >= 15 is 0 Å². The molecule has 0 aliphatic carbocycles. The van der Waals surface area contributed by atoms with Crippen LogP contribution in [0.15, 0.2) is 30.3 Å². The lowest BCUT2D eigenvalue weighted by Gasteiger charge is -2.49. The molecule has 1 fully saturated rings. The van der Waals surface area contributed by atoms with Gasteiger partial charge in [-0.15, -0.1) is 11.8 Å². The van der Waals surface area contributed by atoms with Crippen LogP contribution in [0.2, 0.25) is 18.1 Å². The molecule has 0 unspecified atom stereocenters. The molecule has 2 rings (SSSR count). The predicted molar refractivity (Wildman–Crippen MR) is 122 cm³/mol. The monoisotopic (exact) mass is 456 g/mol. The zero-order valence-corrected chi connectivity index (χ0v) is 20.9. The van der Waals surface area contributed by atoms with Crippen molar-refractivity contribution in [2.75, 3.05) is 12.9 Å². The molecule has 0 amide bonds. The number of thioether (sulfide) groups is 1. The SMILES string of the molecule is CS[C@@H]1O[C@H](CO)[C@@H](OCc2ccccc2)[C@H](O[Si](C)(C)C(C)(C)C)[C@H]1OC(C)=O. The summed E-state index contributed by atoms with van der Waals surface area (Å²) in [6, 6.07) is 9.82. The van der Waals surface area contributed by atoms with Crippen LogP contribution in [0.5, 0.6) is 0 Å². The number of rotatable bonds is 8. The number of esters is 1. The zero-order chi connectivity index (χ0) is 22.5. The maximum Gasteiger partial charge on any atom is 0.303 e. The molecule has 1 heterocycles. The lowest BCUT2D eigenvalue weighted by Crippen LogP contribution is -2.63. The van der Waals surface area contributed by atoms with Crippen molar-refractivity contribution in [1.29, 1.82) is 0 Å². The van der Waals surface area contributed by atoms with Crippen molar-refractivity contribution in [1.82, 2.24) is 0 Å². The second kappa shape index (κ2) is 10.6. The second-order valence-corrected chi connectivity index (χ2v) is 14.8. The third-order valence-corrected chi connectivity index (χ3v) is 11.1. The van der Waals surface area contributed by atoms with Crippen LogP contribution in [-0.2, 0) is 30.0 Å². The van der Waals surface area contributed by atoms with E-state index in [0.29, 0.717) is 6.61 Å². The lowest BCUT2D eigenvalue weighted by molar-refractivity contribution is -0.228. The van der Waals surface area contributed by atoms with E-state index < -0.39 is 44.1 Å². The molecular weight excluding hydrogens is 420 g/mol. The van der Waals surface area contributed by atoms with Gasteiger partial charge in [-0.1, -0.05) is 51.1 Å². The summed E-state index contributed by atoms with van der Waals surface area (Å²) < 4.78 is 24.8. The Morgan fingerprint density at radius 1 is 1.17 bits per heavy atom. The second-order valence-electron chi connectivity index (χ2n) is 9.14. The maximum atomic E-state index is 11.9. The molecular formula is C22H36O6SSi. The van der Waals surface area contributed by atoms with Gasteiger partial charge in [-0.25, -0.2) is 0 Å². The molecule has 1 aromatic rings. The van der Waals surface area contributed by atoms with Crippen molar-refractivity contribution >= 4 is 26.0 Å². The molecule has 170 valence electrons. The van der Waals surface area contributed by atoms with E-state index in [4.69, 9.17) is 18.6 Å². The van der Waals surface area contributed by atoms with Crippen LogP contribution in [0.4, 0.5) is 0 Å². The van der Waals surface area contributed by atoms with Gasteiger partial charge in [0, 0.05) is 6.92 Å². The van der Waals surface area contributed by atoms with E-state index in [1.54, 1.807) is 0 Å². The fraction of sp³-hybridized carbons (Fsp3) is 0.682. The number of aliphatic hydroxyl groups excluding tert-OH is 1. The van der Waals surface area contributed by atoms with Gasteiger partial charge in [0.1, 0.15) is 23.7 Å². The van der Waals surface area contributed by atoms with Gasteiger partial charge in [0.05, 0.1) is 13.2 Å². The summed E-state index contributed by atoms with van der Waals surface area (Å²) >= 11 is 1.44. The van der Waals surface area contributed by atoms with Gasteiger partial charge in [-0.3, -0.25) is 4.79 Å². The van der Waals surface area contributed by atoms with Crippen LogP contribution in [0.25, 0.3) is 0 Å². The first kappa shape index (κ1) is 25.4. The first-order valence-electron chi connectivity index (χ1n) is 10.3. The minimum absolute atomic E-state index is 0.0420. The van der Waals surface area contributed by atoms with Crippen LogP contribution in [0.1, 0.15) is 33.3 Å². The molecule has 1 saturated heterocycles. The number of hydrogen-bond donors (Lipinski definition) is 1. The molecule has 1 aliphatic heterocycles. The first-order valence-corrected chi connectivity index (χ1v) is 14.5. The van der Waals surface area contributed by atoms with Crippen LogP contribution in [-0.4, -0.2) is 62.1 Å². The minimum Gasteiger partial charge on any atom is -0.456 e. The Bertz CT molecular complexity index is 678. The molecule has 30 heavy (non-hydrogen) atoms. The summed E-state index contributed by atoms with van der Waals surface area (Å²) in [5.41, 5.74) is 0.564. The van der Waals surface area contributed by atoms with Crippen molar-refractivity contribution in [2.24, 2.45) is 0 Å². The molecule has 5 atom stereocenters. The molecule has 0 bridgehead atoms. The average molecular weight is 457 g/mol. The van der Waals surface area contributed by atoms with E-state index in [-0.39, 0.29) is 11.6 Å². The highest BCUT2D eigenvalue weighted by molar-refractivity contribution is 7.99. The van der Waals surface area contributed by atoms with Crippen molar-refractivity contribution < 1.29 is 28.5 Å². The molecule has 8 heteroatoms. The van der Waals surface area contributed by atoms with Gasteiger partial charge in [-0.2, -0.15) is 0 Å². The summed E-state index contributed by atoms with van der Waals surface area (Å²) in [5.74, 6) is -0.393. The topological polar surface area (TPSA) is 74.2 Å². The highest BCUT2D eigenvalue weighted by atomic mass is 32.2. The van der Waals surface area contributed by atoms with Crippen LogP contribution in [0, 0.1) is 0 Å². The fourth-order valence-corrected chi connectivity index (χ4v) is 5.19. The summed E-state index contributed by atoms with van der Waals surface area (Å²) in [6.45, 7) is 12.3. The smallest absolute Gasteiger partial charge is 0.303 e. The number of ether oxygens (including phenoxy) is 3. The van der Waals surface area contributed by atoms with Crippen molar-refractivity contribution in [3.63, 3.8) is 0 Å². The van der Waals surface area contributed by atoms with Gasteiger partial charge in [0.2, 0.25) is 0 Å². The number of hydrogen-bond acceptors (Lipinski definition) is 7. The van der Waals surface area contributed by atoms with E-state index in [1.807, 2.05) is 36.6 Å². The Morgan fingerprint density at radius 3 is 2.30 bits per heavy atom. The van der Waals surface area contributed by atoms with Gasteiger partial charge in [-0.05, 0) is 30.0 Å². The van der Waals surface area contributed by atoms with Crippen LogP contribution >= 0.6 is 11.8 Å². The van der Waals surface area contributed by atoms with Gasteiger partial charge >= 0.3 is 5.97 Å². The van der Waals surface area contributed by atoms with Gasteiger partial charge in [0.15, 0.2) is 14.4 Å². The fourth-order valence-electron chi connectivity index (χ4n) is 3.15. The third-order valence-electron chi connectivity index (χ3n) is 5.83. The first-order chi connectivity index (χ1) is 14.0. The number of benzene rings is 1. The lowest BCUT2D eigenvalue weighted by atomic mass is 9.99. The Morgan fingerprint density at radius 2 is 1.80 bits per heavy atom. The summed E-state index contributed by atoms with van der Waals surface area (Å²) in [7, 11) is -2.24. The molecule has 0 spiro atoms. The van der Waals surface area contributed by atoms with Gasteiger partial charge < -0.3 is 23.7 Å². The van der Waals surface area contributed by atoms with Crippen molar-refractivity contribution in [3.05, 3.63) is 35.9 Å². The summed E-state index contributed by atoms with van der Waals surface area (Å²) in [5, 5.41) is 10.0. The highest BCUT2D eigenvalue weighted by Gasteiger charge is 2.52. The standard InChI is InChI=1S/C22H36O6SSi/c1-15(24)26-20-19(28-30(6,7)22(2,3)4)18(17(13-23)27-21(20)29-5)25-14-16-11-9-8-10-12-16/h8-12,17-21,23H,13-14H2,1-7H3/t17-,18-,19+,20-,21+/m1/s1. The molecule has 1 aromatic carbocycles. The summed E-state index contributed by atoms with van der Waals surface area (Å²) in [6.07, 6.45) is -0.425. The van der Waals surface area contributed by atoms with E-state index in [9.17, 15) is 9.90 Å². The molecule has 6 nitrogen and oxygen atoms in total. The normalized spacial score (nSPS) is 27.7. The van der Waals surface area contributed by atoms with Crippen LogP contribution < -0.4 is 0 Å².